The lowest BCUT2D eigenvalue weighted by molar-refractivity contribution is -0.135. The Kier molecular flexibility index (Phi) is 3.29. The Morgan fingerprint density at radius 2 is 2.27 bits per heavy atom. The Balaban J connectivity index is 1.91. The van der Waals surface area contributed by atoms with Crippen LogP contribution in [0.4, 0.5) is 0 Å². The second-order valence-corrected chi connectivity index (χ2v) is 5.09. The summed E-state index contributed by atoms with van der Waals surface area (Å²) in [4.78, 5) is 14.3. The van der Waals surface area contributed by atoms with Crippen molar-refractivity contribution in [1.82, 2.24) is 10.2 Å². The van der Waals surface area contributed by atoms with Gasteiger partial charge in [-0.25, -0.2) is 0 Å². The van der Waals surface area contributed by atoms with Gasteiger partial charge in [0, 0.05) is 19.6 Å². The van der Waals surface area contributed by atoms with Crippen LogP contribution in [0.2, 0.25) is 0 Å². The van der Waals surface area contributed by atoms with Crippen molar-refractivity contribution in [2.24, 2.45) is 17.8 Å². The highest BCUT2D eigenvalue weighted by molar-refractivity contribution is 5.80. The molecule has 0 aromatic carbocycles. The zero-order valence-electron chi connectivity index (χ0n) is 9.83. The van der Waals surface area contributed by atoms with E-state index in [9.17, 15) is 4.79 Å². The van der Waals surface area contributed by atoms with Crippen molar-refractivity contribution in [2.75, 3.05) is 26.2 Å². The van der Waals surface area contributed by atoms with Crippen molar-refractivity contribution < 1.29 is 4.79 Å². The van der Waals surface area contributed by atoms with Crippen LogP contribution >= 0.6 is 0 Å². The predicted molar refractivity (Wildman–Crippen MR) is 60.5 cm³/mol. The molecule has 3 nitrogen and oxygen atoms in total. The molecule has 2 heterocycles. The molecule has 0 radical (unpaired) electrons. The van der Waals surface area contributed by atoms with Gasteiger partial charge in [-0.15, -0.1) is 0 Å². The van der Waals surface area contributed by atoms with Gasteiger partial charge >= 0.3 is 0 Å². The van der Waals surface area contributed by atoms with Crippen LogP contribution in [0, 0.1) is 17.8 Å². The number of likely N-dealkylation sites (tertiary alicyclic amines) is 1. The number of hydrogen-bond donors (Lipinski definition) is 1. The molecule has 1 N–H and O–H groups in total. The first-order chi connectivity index (χ1) is 7.22. The Labute approximate surface area is 92.2 Å². The van der Waals surface area contributed by atoms with E-state index < -0.39 is 0 Å². The van der Waals surface area contributed by atoms with Gasteiger partial charge in [-0.3, -0.25) is 4.79 Å². The molecule has 2 aliphatic rings. The van der Waals surface area contributed by atoms with Crippen LogP contribution in [0.3, 0.4) is 0 Å². The highest BCUT2D eigenvalue weighted by Crippen LogP contribution is 2.24. The van der Waals surface area contributed by atoms with Crippen LogP contribution in [0.25, 0.3) is 0 Å². The summed E-state index contributed by atoms with van der Waals surface area (Å²) in [6.07, 6.45) is 2.42. The monoisotopic (exact) mass is 210 g/mol. The van der Waals surface area contributed by atoms with Crippen molar-refractivity contribution in [2.45, 2.75) is 26.7 Å². The topological polar surface area (TPSA) is 32.3 Å². The third-order valence-electron chi connectivity index (χ3n) is 4.01. The quantitative estimate of drug-likeness (QED) is 0.740. The lowest BCUT2D eigenvalue weighted by Crippen LogP contribution is -2.37. The van der Waals surface area contributed by atoms with Gasteiger partial charge in [0.25, 0.3) is 0 Å². The SMILES string of the molecule is CCC1CCN(C(=O)C2CNCC2C)C1. The Hall–Kier alpha value is -0.570. The molecule has 2 fully saturated rings. The van der Waals surface area contributed by atoms with Crippen LogP contribution in [0.15, 0.2) is 0 Å². The molecule has 0 aromatic rings. The number of nitrogens with one attached hydrogen (secondary N) is 1. The maximum Gasteiger partial charge on any atom is 0.227 e. The van der Waals surface area contributed by atoms with Crippen molar-refractivity contribution in [3.8, 4) is 0 Å². The van der Waals surface area contributed by atoms with E-state index in [4.69, 9.17) is 0 Å². The van der Waals surface area contributed by atoms with Crippen LogP contribution in [0.1, 0.15) is 26.7 Å². The minimum Gasteiger partial charge on any atom is -0.342 e. The minimum absolute atomic E-state index is 0.237. The Bertz CT molecular complexity index is 242. The lowest BCUT2D eigenvalue weighted by atomic mass is 9.97. The van der Waals surface area contributed by atoms with Gasteiger partial charge in [0.15, 0.2) is 0 Å². The third-order valence-corrected chi connectivity index (χ3v) is 4.01. The van der Waals surface area contributed by atoms with Gasteiger partial charge in [-0.2, -0.15) is 0 Å². The number of hydrogen-bond acceptors (Lipinski definition) is 2. The average molecular weight is 210 g/mol. The van der Waals surface area contributed by atoms with Crippen molar-refractivity contribution >= 4 is 5.91 Å². The van der Waals surface area contributed by atoms with Crippen LogP contribution in [-0.4, -0.2) is 37.0 Å². The molecule has 0 bridgehead atoms. The zero-order valence-corrected chi connectivity index (χ0v) is 9.83. The number of amides is 1. The average Bonchev–Trinajstić information content (AvgIpc) is 2.84. The summed E-state index contributed by atoms with van der Waals surface area (Å²) in [7, 11) is 0. The molecule has 86 valence electrons. The Morgan fingerprint density at radius 1 is 1.47 bits per heavy atom. The fourth-order valence-electron chi connectivity index (χ4n) is 2.74. The molecular weight excluding hydrogens is 188 g/mol. The minimum atomic E-state index is 0.237. The van der Waals surface area contributed by atoms with Gasteiger partial charge in [0.05, 0.1) is 5.92 Å². The summed E-state index contributed by atoms with van der Waals surface area (Å²) in [5.74, 6) is 1.89. The van der Waals surface area contributed by atoms with E-state index >= 15 is 0 Å². The fourth-order valence-corrected chi connectivity index (χ4v) is 2.74. The molecule has 3 unspecified atom stereocenters. The standard InChI is InChI=1S/C12H22N2O/c1-3-10-4-5-14(8-10)12(15)11-7-13-6-9(11)2/h9-11,13H,3-8H2,1-2H3. The molecule has 0 aliphatic carbocycles. The second-order valence-electron chi connectivity index (χ2n) is 5.09. The maximum atomic E-state index is 12.2. The lowest BCUT2D eigenvalue weighted by Gasteiger charge is -2.22. The van der Waals surface area contributed by atoms with Crippen LogP contribution < -0.4 is 5.32 Å². The molecule has 0 saturated carbocycles. The Morgan fingerprint density at radius 3 is 2.80 bits per heavy atom. The molecule has 0 aromatic heterocycles. The third kappa shape index (κ3) is 2.17. The van der Waals surface area contributed by atoms with Crippen molar-refractivity contribution in [3.63, 3.8) is 0 Å². The van der Waals surface area contributed by atoms with Gasteiger partial charge in [0.1, 0.15) is 0 Å². The summed E-state index contributed by atoms with van der Waals surface area (Å²) in [5, 5.41) is 3.30. The molecule has 2 aliphatic heterocycles. The molecule has 2 saturated heterocycles. The maximum absolute atomic E-state index is 12.2. The number of carbonyl (C=O) groups is 1. The largest absolute Gasteiger partial charge is 0.342 e. The smallest absolute Gasteiger partial charge is 0.227 e. The number of nitrogens with zero attached hydrogens (tertiary/aromatic N) is 1. The van der Waals surface area contributed by atoms with E-state index in [1.807, 2.05) is 0 Å². The van der Waals surface area contributed by atoms with Crippen LogP contribution in [-0.2, 0) is 4.79 Å². The first kappa shape index (κ1) is 10.9. The van der Waals surface area contributed by atoms with E-state index in [1.165, 1.54) is 12.8 Å². The van der Waals surface area contributed by atoms with E-state index in [-0.39, 0.29) is 5.92 Å². The van der Waals surface area contributed by atoms with Gasteiger partial charge in [0.2, 0.25) is 5.91 Å². The fraction of sp³-hybridized carbons (Fsp3) is 0.917. The first-order valence-electron chi connectivity index (χ1n) is 6.22. The predicted octanol–water partition coefficient (Wildman–Crippen LogP) is 1.10. The summed E-state index contributed by atoms with van der Waals surface area (Å²) in [5.41, 5.74) is 0. The van der Waals surface area contributed by atoms with Crippen LogP contribution in [0.5, 0.6) is 0 Å². The van der Waals surface area contributed by atoms with Crippen molar-refractivity contribution in [3.05, 3.63) is 0 Å². The van der Waals surface area contributed by atoms with Gasteiger partial charge < -0.3 is 10.2 Å². The molecule has 3 atom stereocenters. The highest BCUT2D eigenvalue weighted by Gasteiger charge is 2.35. The molecule has 15 heavy (non-hydrogen) atoms. The molecule has 2 rings (SSSR count). The summed E-state index contributed by atoms with van der Waals surface area (Å²) >= 11 is 0. The van der Waals surface area contributed by atoms with E-state index in [1.54, 1.807) is 0 Å². The van der Waals surface area contributed by atoms with Crippen molar-refractivity contribution in [1.29, 1.82) is 0 Å². The normalized spacial score (nSPS) is 36.1. The molecule has 0 spiro atoms. The summed E-state index contributed by atoms with van der Waals surface area (Å²) in [6, 6.07) is 0. The summed E-state index contributed by atoms with van der Waals surface area (Å²) in [6.45, 7) is 8.27. The second kappa shape index (κ2) is 4.52. The highest BCUT2D eigenvalue weighted by atomic mass is 16.2. The van der Waals surface area contributed by atoms with E-state index in [0.717, 1.165) is 32.1 Å². The summed E-state index contributed by atoms with van der Waals surface area (Å²) < 4.78 is 0. The molecular formula is C12H22N2O. The van der Waals surface area contributed by atoms with E-state index in [2.05, 4.69) is 24.1 Å². The molecule has 3 heteroatoms. The number of carbonyl (C=O) groups excluding carboxylic acids is 1. The zero-order chi connectivity index (χ0) is 10.8. The van der Waals surface area contributed by atoms with E-state index in [0.29, 0.717) is 11.8 Å². The number of rotatable bonds is 2. The first-order valence-corrected chi connectivity index (χ1v) is 6.22. The van der Waals surface area contributed by atoms with Gasteiger partial charge in [-0.1, -0.05) is 20.3 Å². The van der Waals surface area contributed by atoms with Gasteiger partial charge in [-0.05, 0) is 24.8 Å². The molecule has 1 amide bonds.